The lowest BCUT2D eigenvalue weighted by Crippen LogP contribution is -2.45. The van der Waals surface area contributed by atoms with Crippen LogP contribution in [-0.2, 0) is 4.79 Å². The molecule has 2 atom stereocenters. The summed E-state index contributed by atoms with van der Waals surface area (Å²) in [5.41, 5.74) is 0. The Hall–Kier alpha value is -2.43. The second-order valence-corrected chi connectivity index (χ2v) is 17.2. The Balaban J connectivity index is 3.49. The predicted octanol–water partition coefficient (Wildman–Crippen LogP) is 16.8. The number of carbonyl (C=O) groups is 1. The van der Waals surface area contributed by atoms with Gasteiger partial charge >= 0.3 is 0 Å². The van der Waals surface area contributed by atoms with E-state index in [-0.39, 0.29) is 12.5 Å². The Morgan fingerprint density at radius 1 is 0.417 bits per heavy atom. The van der Waals surface area contributed by atoms with Crippen molar-refractivity contribution in [3.05, 3.63) is 85.1 Å². The topological polar surface area (TPSA) is 69.6 Å². The summed E-state index contributed by atoms with van der Waals surface area (Å²) in [6.45, 7) is 4.17. The summed E-state index contributed by atoms with van der Waals surface area (Å²) >= 11 is 0. The van der Waals surface area contributed by atoms with Crippen molar-refractivity contribution in [1.82, 2.24) is 5.32 Å². The van der Waals surface area contributed by atoms with Crippen molar-refractivity contribution in [3.63, 3.8) is 0 Å². The van der Waals surface area contributed by atoms with Crippen LogP contribution >= 0.6 is 0 Å². The van der Waals surface area contributed by atoms with Crippen LogP contribution in [0.1, 0.15) is 245 Å². The molecular formula is C56H99NO3. The summed E-state index contributed by atoms with van der Waals surface area (Å²) in [6.07, 6.45) is 74.5. The van der Waals surface area contributed by atoms with Gasteiger partial charge in [0, 0.05) is 6.42 Å². The molecular weight excluding hydrogens is 735 g/mol. The van der Waals surface area contributed by atoms with Crippen LogP contribution in [0.25, 0.3) is 0 Å². The molecule has 1 amide bonds. The van der Waals surface area contributed by atoms with Crippen molar-refractivity contribution in [2.75, 3.05) is 6.61 Å². The highest BCUT2D eigenvalue weighted by Gasteiger charge is 2.17. The average molecular weight is 834 g/mol. The molecule has 4 nitrogen and oxygen atoms in total. The van der Waals surface area contributed by atoms with Crippen LogP contribution < -0.4 is 5.32 Å². The molecule has 2 unspecified atom stereocenters. The number of nitrogens with one attached hydrogen (secondary N) is 1. The molecule has 0 radical (unpaired) electrons. The van der Waals surface area contributed by atoms with Crippen LogP contribution in [0.3, 0.4) is 0 Å². The van der Waals surface area contributed by atoms with E-state index >= 15 is 0 Å². The second-order valence-electron chi connectivity index (χ2n) is 17.2. The molecule has 0 saturated heterocycles. The highest BCUT2D eigenvalue weighted by Crippen LogP contribution is 2.16. The van der Waals surface area contributed by atoms with Gasteiger partial charge in [-0.15, -0.1) is 0 Å². The van der Waals surface area contributed by atoms with E-state index in [0.717, 1.165) is 64.2 Å². The highest BCUT2D eigenvalue weighted by atomic mass is 16.3. The number of aliphatic hydroxyl groups is 2. The van der Waals surface area contributed by atoms with Gasteiger partial charge < -0.3 is 15.5 Å². The number of amides is 1. The van der Waals surface area contributed by atoms with Crippen LogP contribution in [-0.4, -0.2) is 34.9 Å². The highest BCUT2D eigenvalue weighted by molar-refractivity contribution is 5.76. The van der Waals surface area contributed by atoms with Gasteiger partial charge in [-0.3, -0.25) is 4.79 Å². The lowest BCUT2D eigenvalue weighted by molar-refractivity contribution is -0.123. The smallest absolute Gasteiger partial charge is 0.220 e. The van der Waals surface area contributed by atoms with Crippen molar-refractivity contribution in [1.29, 1.82) is 0 Å². The SMILES string of the molecule is CC/C=C\C/C=C\C/C=C\C/C=C\C/C=C\CCCCCCCCCCCCCCCCCCCCCC(=O)NC(CO)C(O)/C=C/CC/C=C/CCCCCCCCC. The van der Waals surface area contributed by atoms with Crippen LogP contribution in [0.2, 0.25) is 0 Å². The second kappa shape index (κ2) is 50.9. The quantitative estimate of drug-likeness (QED) is 0.0423. The van der Waals surface area contributed by atoms with Gasteiger partial charge in [0.2, 0.25) is 5.91 Å². The minimum atomic E-state index is -0.863. The molecule has 0 aromatic rings. The zero-order chi connectivity index (χ0) is 43.5. The summed E-state index contributed by atoms with van der Waals surface area (Å²) < 4.78 is 0. The van der Waals surface area contributed by atoms with Gasteiger partial charge in [0.05, 0.1) is 18.8 Å². The molecule has 0 saturated carbocycles. The molecule has 0 fully saturated rings. The molecule has 346 valence electrons. The zero-order valence-corrected chi connectivity index (χ0v) is 39.7. The minimum absolute atomic E-state index is 0.0748. The van der Waals surface area contributed by atoms with Crippen LogP contribution in [0.5, 0.6) is 0 Å². The van der Waals surface area contributed by atoms with Crippen LogP contribution in [0, 0.1) is 0 Å². The number of hydrogen-bond donors (Lipinski definition) is 3. The maximum atomic E-state index is 12.4. The summed E-state index contributed by atoms with van der Waals surface area (Å²) in [4.78, 5) is 12.4. The maximum absolute atomic E-state index is 12.4. The van der Waals surface area contributed by atoms with E-state index in [4.69, 9.17) is 0 Å². The number of carbonyl (C=O) groups excluding carboxylic acids is 1. The molecule has 0 aliphatic rings. The first kappa shape index (κ1) is 57.6. The summed E-state index contributed by atoms with van der Waals surface area (Å²) in [6, 6.07) is -0.640. The van der Waals surface area contributed by atoms with Crippen molar-refractivity contribution < 1.29 is 15.0 Å². The van der Waals surface area contributed by atoms with Gasteiger partial charge in [-0.25, -0.2) is 0 Å². The summed E-state index contributed by atoms with van der Waals surface area (Å²) in [5, 5.41) is 23.0. The van der Waals surface area contributed by atoms with Gasteiger partial charge in [0.25, 0.3) is 0 Å². The summed E-state index contributed by atoms with van der Waals surface area (Å²) in [7, 11) is 0. The molecule has 0 heterocycles. The Kier molecular flexibility index (Phi) is 48.9. The van der Waals surface area contributed by atoms with E-state index in [2.05, 4.69) is 92.1 Å². The van der Waals surface area contributed by atoms with Crippen molar-refractivity contribution in [2.45, 2.75) is 257 Å². The molecule has 0 aliphatic carbocycles. The third kappa shape index (κ3) is 46.6. The average Bonchev–Trinajstić information content (AvgIpc) is 3.25. The van der Waals surface area contributed by atoms with Gasteiger partial charge in [-0.05, 0) is 77.0 Å². The van der Waals surface area contributed by atoms with Crippen molar-refractivity contribution in [2.24, 2.45) is 0 Å². The van der Waals surface area contributed by atoms with Crippen molar-refractivity contribution in [3.8, 4) is 0 Å². The first-order valence-electron chi connectivity index (χ1n) is 25.8. The molecule has 0 aromatic carbocycles. The molecule has 0 aliphatic heterocycles. The lowest BCUT2D eigenvalue weighted by Gasteiger charge is -2.19. The van der Waals surface area contributed by atoms with E-state index in [1.165, 1.54) is 161 Å². The fourth-order valence-corrected chi connectivity index (χ4v) is 7.46. The summed E-state index contributed by atoms with van der Waals surface area (Å²) in [5.74, 6) is -0.0748. The Bertz CT molecular complexity index is 1080. The molecule has 4 heteroatoms. The number of rotatable bonds is 46. The largest absolute Gasteiger partial charge is 0.394 e. The molecule has 0 aromatic heterocycles. The monoisotopic (exact) mass is 834 g/mol. The normalized spacial score (nSPS) is 13.6. The number of allylic oxidation sites excluding steroid dienone is 13. The molecule has 60 heavy (non-hydrogen) atoms. The van der Waals surface area contributed by atoms with Crippen LogP contribution in [0.4, 0.5) is 0 Å². The van der Waals surface area contributed by atoms with E-state index < -0.39 is 12.1 Å². The third-order valence-corrected chi connectivity index (χ3v) is 11.4. The molecule has 0 bridgehead atoms. The number of hydrogen-bond acceptors (Lipinski definition) is 3. The van der Waals surface area contributed by atoms with E-state index in [1.807, 2.05) is 6.08 Å². The first-order valence-corrected chi connectivity index (χ1v) is 25.8. The predicted molar refractivity (Wildman–Crippen MR) is 267 cm³/mol. The van der Waals surface area contributed by atoms with Gasteiger partial charge in [0.15, 0.2) is 0 Å². The number of unbranched alkanes of at least 4 members (excludes halogenated alkanes) is 27. The molecule has 0 rings (SSSR count). The van der Waals surface area contributed by atoms with E-state index in [1.54, 1.807) is 6.08 Å². The van der Waals surface area contributed by atoms with Crippen LogP contribution in [0.15, 0.2) is 85.1 Å². The van der Waals surface area contributed by atoms with Gasteiger partial charge in [-0.1, -0.05) is 247 Å². The maximum Gasteiger partial charge on any atom is 0.220 e. The molecule has 0 spiro atoms. The van der Waals surface area contributed by atoms with Crippen molar-refractivity contribution >= 4 is 5.91 Å². The van der Waals surface area contributed by atoms with Gasteiger partial charge in [-0.2, -0.15) is 0 Å². The number of aliphatic hydroxyl groups excluding tert-OH is 2. The third-order valence-electron chi connectivity index (χ3n) is 11.4. The Labute approximate surface area is 373 Å². The van der Waals surface area contributed by atoms with Gasteiger partial charge in [0.1, 0.15) is 0 Å². The fraction of sp³-hybridized carbons (Fsp3) is 0.732. The first-order chi connectivity index (χ1) is 29.7. The Morgan fingerprint density at radius 3 is 1.17 bits per heavy atom. The zero-order valence-electron chi connectivity index (χ0n) is 39.7. The lowest BCUT2D eigenvalue weighted by atomic mass is 10.0. The van der Waals surface area contributed by atoms with E-state index in [0.29, 0.717) is 6.42 Å². The van der Waals surface area contributed by atoms with E-state index in [9.17, 15) is 15.0 Å². The Morgan fingerprint density at radius 2 is 0.750 bits per heavy atom. The minimum Gasteiger partial charge on any atom is -0.394 e. The standard InChI is InChI=1S/C56H99NO3/c1-3-5-7-9-11-13-15-17-18-19-20-21-22-23-24-25-26-27-28-29-30-31-32-33-34-35-36-37-38-40-42-44-46-48-50-52-56(60)57-54(53-58)55(59)51-49-47-45-43-41-39-16-14-12-10-8-6-4-2/h5,7,11,13,17-18,20-21,23-24,41,43,49,51,54-55,58-59H,3-4,6,8-10,12,14-16,19,22,25-40,42,44-48,50,52-53H2,1-2H3,(H,57,60)/b7-5-,13-11-,18-17-,21-20-,24-23-,43-41+,51-49+. The molecule has 3 N–H and O–H groups in total. The fourth-order valence-electron chi connectivity index (χ4n) is 7.46.